The second-order valence-electron chi connectivity index (χ2n) is 6.37. The Balaban J connectivity index is 1.60. The van der Waals surface area contributed by atoms with Crippen molar-refractivity contribution in [2.24, 2.45) is 35.5 Å². The van der Waals surface area contributed by atoms with Gasteiger partial charge in [0.2, 0.25) is 5.91 Å². The smallest absolute Gasteiger partial charge is 0.237 e. The maximum Gasteiger partial charge on any atom is 0.237 e. The molecule has 3 rings (SSSR count). The van der Waals surface area contributed by atoms with Gasteiger partial charge in [-0.15, -0.1) is 0 Å². The van der Waals surface area contributed by atoms with Crippen LogP contribution in [0.4, 0.5) is 0 Å². The number of hydrogen-bond acceptors (Lipinski definition) is 2. The Hall–Kier alpha value is -1.04. The Bertz CT molecular complexity index is 368. The lowest BCUT2D eigenvalue weighted by Crippen LogP contribution is -2.36. The van der Waals surface area contributed by atoms with E-state index in [1.54, 1.807) is 0 Å². The average Bonchev–Trinajstić information content (AvgIpc) is 2.70. The molecule has 0 aromatic rings. The van der Waals surface area contributed by atoms with Crippen LogP contribution in [0.25, 0.3) is 0 Å². The van der Waals surface area contributed by atoms with E-state index in [2.05, 4.69) is 11.4 Å². The van der Waals surface area contributed by atoms with Crippen LogP contribution in [-0.4, -0.2) is 11.9 Å². The molecular weight excluding hydrogens is 212 g/mol. The molecular formula is C14H20N2O. The lowest BCUT2D eigenvalue weighted by atomic mass is 9.96. The molecule has 17 heavy (non-hydrogen) atoms. The fourth-order valence-corrected chi connectivity index (χ4v) is 4.28. The van der Waals surface area contributed by atoms with E-state index in [9.17, 15) is 4.79 Å². The highest BCUT2D eigenvalue weighted by atomic mass is 16.2. The third-order valence-electron chi connectivity index (χ3n) is 5.13. The number of nitriles is 1. The Morgan fingerprint density at radius 2 is 1.88 bits per heavy atom. The number of hydrogen-bond donors (Lipinski definition) is 1. The molecule has 3 saturated carbocycles. The number of nitrogens with zero attached hydrogens (tertiary/aromatic N) is 1. The Labute approximate surface area is 103 Å². The number of fused-ring (bicyclic) bond motifs is 5. The highest BCUT2D eigenvalue weighted by molar-refractivity contribution is 5.82. The summed E-state index contributed by atoms with van der Waals surface area (Å²) >= 11 is 0. The van der Waals surface area contributed by atoms with E-state index in [4.69, 9.17) is 5.26 Å². The standard InChI is InChI=1S/C14H20N2O/c1-7(2)10(6-15)14(17)16-13-11-8-3-4-9(5-8)12(11)13/h7-13H,3-5H2,1-2H3,(H,16,17). The van der Waals surface area contributed by atoms with Gasteiger partial charge in [0.25, 0.3) is 0 Å². The van der Waals surface area contributed by atoms with Gasteiger partial charge >= 0.3 is 0 Å². The molecule has 1 amide bonds. The predicted octanol–water partition coefficient (Wildman–Crippen LogP) is 1.94. The summed E-state index contributed by atoms with van der Waals surface area (Å²) in [6.07, 6.45) is 4.13. The molecule has 0 heterocycles. The number of amides is 1. The van der Waals surface area contributed by atoms with Crippen LogP contribution in [0.5, 0.6) is 0 Å². The van der Waals surface area contributed by atoms with Crippen molar-refractivity contribution in [3.05, 3.63) is 0 Å². The van der Waals surface area contributed by atoms with Crippen molar-refractivity contribution < 1.29 is 4.79 Å². The van der Waals surface area contributed by atoms with Gasteiger partial charge in [-0.05, 0) is 48.9 Å². The molecule has 0 spiro atoms. The average molecular weight is 232 g/mol. The quantitative estimate of drug-likeness (QED) is 0.808. The van der Waals surface area contributed by atoms with Gasteiger partial charge in [-0.25, -0.2) is 0 Å². The molecule has 0 aromatic heterocycles. The fourth-order valence-electron chi connectivity index (χ4n) is 4.28. The minimum atomic E-state index is -0.478. The van der Waals surface area contributed by atoms with Crippen LogP contribution in [0.2, 0.25) is 0 Å². The van der Waals surface area contributed by atoms with E-state index >= 15 is 0 Å². The molecule has 2 bridgehead atoms. The van der Waals surface area contributed by atoms with Gasteiger partial charge in [0, 0.05) is 6.04 Å². The fraction of sp³-hybridized carbons (Fsp3) is 0.857. The summed E-state index contributed by atoms with van der Waals surface area (Å²) in [7, 11) is 0. The number of nitrogens with one attached hydrogen (secondary N) is 1. The molecule has 1 N–H and O–H groups in total. The van der Waals surface area contributed by atoms with Gasteiger partial charge in [-0.1, -0.05) is 13.8 Å². The van der Waals surface area contributed by atoms with Crippen molar-refractivity contribution in [3.8, 4) is 6.07 Å². The monoisotopic (exact) mass is 232 g/mol. The van der Waals surface area contributed by atoms with Crippen molar-refractivity contribution >= 4 is 5.91 Å². The summed E-state index contributed by atoms with van der Waals surface area (Å²) in [5.41, 5.74) is 0. The second-order valence-corrected chi connectivity index (χ2v) is 6.37. The second kappa shape index (κ2) is 3.73. The van der Waals surface area contributed by atoms with Crippen LogP contribution in [0.3, 0.4) is 0 Å². The number of carbonyl (C=O) groups excluding carboxylic acids is 1. The Kier molecular flexibility index (Phi) is 2.43. The van der Waals surface area contributed by atoms with E-state index in [1.807, 2.05) is 13.8 Å². The molecule has 3 heteroatoms. The van der Waals surface area contributed by atoms with Gasteiger partial charge in [-0.2, -0.15) is 5.26 Å². The number of carbonyl (C=O) groups is 1. The SMILES string of the molecule is CC(C)C(C#N)C(=O)NC1C2C3CCC(C3)C12. The molecule has 3 nitrogen and oxygen atoms in total. The Morgan fingerprint density at radius 3 is 2.35 bits per heavy atom. The van der Waals surface area contributed by atoms with Gasteiger partial charge in [0.15, 0.2) is 0 Å². The summed E-state index contributed by atoms with van der Waals surface area (Å²) in [6, 6.07) is 2.53. The zero-order valence-electron chi connectivity index (χ0n) is 10.5. The molecule has 5 unspecified atom stereocenters. The molecule has 3 fully saturated rings. The van der Waals surface area contributed by atoms with E-state index in [0.29, 0.717) is 6.04 Å². The molecule has 5 atom stereocenters. The third-order valence-corrected chi connectivity index (χ3v) is 5.13. The minimum absolute atomic E-state index is 0.0405. The number of rotatable bonds is 3. The largest absolute Gasteiger partial charge is 0.352 e. The summed E-state index contributed by atoms with van der Waals surface area (Å²) in [5.74, 6) is 2.84. The zero-order chi connectivity index (χ0) is 12.2. The van der Waals surface area contributed by atoms with Crippen LogP contribution in [0.1, 0.15) is 33.1 Å². The molecule has 0 saturated heterocycles. The van der Waals surface area contributed by atoms with Crippen molar-refractivity contribution in [2.75, 3.05) is 0 Å². The molecule has 92 valence electrons. The van der Waals surface area contributed by atoms with Crippen LogP contribution in [0.15, 0.2) is 0 Å². The molecule has 3 aliphatic carbocycles. The lowest BCUT2D eigenvalue weighted by molar-refractivity contribution is -0.124. The van der Waals surface area contributed by atoms with Gasteiger partial charge in [0.05, 0.1) is 6.07 Å². The Morgan fingerprint density at radius 1 is 1.29 bits per heavy atom. The normalized spacial score (nSPS) is 43.1. The van der Waals surface area contributed by atoms with Gasteiger partial charge in [0.1, 0.15) is 5.92 Å². The third kappa shape index (κ3) is 1.57. The summed E-state index contributed by atoms with van der Waals surface area (Å²) < 4.78 is 0. The van der Waals surface area contributed by atoms with Crippen molar-refractivity contribution in [1.29, 1.82) is 5.26 Å². The van der Waals surface area contributed by atoms with Crippen LogP contribution >= 0.6 is 0 Å². The molecule has 3 aliphatic rings. The van der Waals surface area contributed by atoms with Crippen molar-refractivity contribution in [2.45, 2.75) is 39.2 Å². The van der Waals surface area contributed by atoms with E-state index in [-0.39, 0.29) is 11.8 Å². The lowest BCUT2D eigenvalue weighted by Gasteiger charge is -2.15. The van der Waals surface area contributed by atoms with E-state index in [0.717, 1.165) is 23.7 Å². The predicted molar refractivity (Wildman–Crippen MR) is 63.7 cm³/mol. The van der Waals surface area contributed by atoms with Gasteiger partial charge in [-0.3, -0.25) is 4.79 Å². The van der Waals surface area contributed by atoms with Crippen LogP contribution in [0, 0.1) is 46.8 Å². The first-order valence-electron chi connectivity index (χ1n) is 6.83. The highest BCUT2D eigenvalue weighted by Gasteiger charge is 2.65. The van der Waals surface area contributed by atoms with Crippen LogP contribution < -0.4 is 5.32 Å². The maximum atomic E-state index is 12.0. The van der Waals surface area contributed by atoms with E-state index in [1.165, 1.54) is 19.3 Å². The van der Waals surface area contributed by atoms with Crippen molar-refractivity contribution in [3.63, 3.8) is 0 Å². The first kappa shape index (κ1) is 11.1. The first-order chi connectivity index (χ1) is 8.13. The van der Waals surface area contributed by atoms with Crippen molar-refractivity contribution in [1.82, 2.24) is 5.32 Å². The molecule has 0 radical (unpaired) electrons. The summed E-state index contributed by atoms with van der Waals surface area (Å²) in [6.45, 7) is 3.87. The highest BCUT2D eigenvalue weighted by Crippen LogP contribution is 2.65. The zero-order valence-corrected chi connectivity index (χ0v) is 10.5. The first-order valence-corrected chi connectivity index (χ1v) is 6.83. The van der Waals surface area contributed by atoms with E-state index < -0.39 is 5.92 Å². The summed E-state index contributed by atoms with van der Waals surface area (Å²) in [5, 5.41) is 12.1. The molecule has 0 aromatic carbocycles. The minimum Gasteiger partial charge on any atom is -0.352 e. The summed E-state index contributed by atoms with van der Waals surface area (Å²) in [4.78, 5) is 12.0. The maximum absolute atomic E-state index is 12.0. The topological polar surface area (TPSA) is 52.9 Å². The molecule has 0 aliphatic heterocycles. The van der Waals surface area contributed by atoms with Crippen LogP contribution in [-0.2, 0) is 4.79 Å². The van der Waals surface area contributed by atoms with Gasteiger partial charge < -0.3 is 5.32 Å².